The number of carbonyl (C=O) groups excluding carboxylic acids is 2. The standard InChI is InChI=1S/C25H21N3O5/c1-16-7-9-21(29)19(11-16)14-26-28-25(31)20(27-24(30)18-5-3-2-4-6-18)12-17-8-10-22-23(13-17)33-15-32-22/h2-14,29H,15H2,1H3,(H,27,30)(H,28,31)/b20-12+,26-14-. The highest BCUT2D eigenvalue weighted by molar-refractivity contribution is 6.05. The van der Waals surface area contributed by atoms with Crippen LogP contribution in [0.2, 0.25) is 0 Å². The molecule has 0 fully saturated rings. The molecule has 0 atom stereocenters. The molecule has 0 unspecified atom stereocenters. The first-order valence-electron chi connectivity index (χ1n) is 10.1. The van der Waals surface area contributed by atoms with E-state index < -0.39 is 11.8 Å². The van der Waals surface area contributed by atoms with Crippen molar-refractivity contribution in [2.75, 3.05) is 6.79 Å². The number of phenols is 1. The number of phenolic OH excluding ortho intramolecular Hbond substituents is 1. The minimum atomic E-state index is -0.639. The van der Waals surface area contributed by atoms with Crippen LogP contribution in [0.1, 0.15) is 27.0 Å². The molecule has 166 valence electrons. The minimum Gasteiger partial charge on any atom is -0.507 e. The van der Waals surface area contributed by atoms with Gasteiger partial charge in [0.15, 0.2) is 11.5 Å². The summed E-state index contributed by atoms with van der Waals surface area (Å²) in [6, 6.07) is 18.7. The molecule has 0 aliphatic carbocycles. The fraction of sp³-hybridized carbons (Fsp3) is 0.0800. The second-order valence-electron chi connectivity index (χ2n) is 7.25. The number of benzene rings is 3. The second kappa shape index (κ2) is 9.69. The zero-order chi connectivity index (χ0) is 23.2. The van der Waals surface area contributed by atoms with Gasteiger partial charge in [-0.05, 0) is 55.0 Å². The van der Waals surface area contributed by atoms with Crippen molar-refractivity contribution in [3.63, 3.8) is 0 Å². The van der Waals surface area contributed by atoms with Crippen LogP contribution < -0.4 is 20.2 Å². The fourth-order valence-electron chi connectivity index (χ4n) is 3.11. The number of hydrogen-bond acceptors (Lipinski definition) is 6. The summed E-state index contributed by atoms with van der Waals surface area (Å²) in [7, 11) is 0. The van der Waals surface area contributed by atoms with E-state index in [1.165, 1.54) is 12.3 Å². The Balaban J connectivity index is 1.57. The Morgan fingerprint density at radius 3 is 2.61 bits per heavy atom. The summed E-state index contributed by atoms with van der Waals surface area (Å²) in [5, 5.41) is 16.5. The summed E-state index contributed by atoms with van der Waals surface area (Å²) in [6.07, 6.45) is 2.84. The Labute approximate surface area is 190 Å². The molecule has 3 aromatic carbocycles. The zero-order valence-corrected chi connectivity index (χ0v) is 17.7. The number of carbonyl (C=O) groups is 2. The van der Waals surface area contributed by atoms with Crippen LogP contribution in [0.3, 0.4) is 0 Å². The van der Waals surface area contributed by atoms with Crippen molar-refractivity contribution in [3.05, 3.63) is 94.7 Å². The van der Waals surface area contributed by atoms with Crippen molar-refractivity contribution in [1.29, 1.82) is 0 Å². The predicted molar refractivity (Wildman–Crippen MR) is 123 cm³/mol. The molecule has 3 aromatic rings. The third-order valence-electron chi connectivity index (χ3n) is 4.79. The summed E-state index contributed by atoms with van der Waals surface area (Å²) >= 11 is 0. The van der Waals surface area contributed by atoms with Crippen LogP contribution in [0, 0.1) is 6.92 Å². The molecular formula is C25H21N3O5. The molecule has 0 saturated heterocycles. The lowest BCUT2D eigenvalue weighted by atomic mass is 10.1. The van der Waals surface area contributed by atoms with Gasteiger partial charge in [0.05, 0.1) is 6.21 Å². The highest BCUT2D eigenvalue weighted by Crippen LogP contribution is 2.33. The Hall–Kier alpha value is -4.59. The van der Waals surface area contributed by atoms with Crippen LogP contribution in [0.4, 0.5) is 0 Å². The van der Waals surface area contributed by atoms with E-state index in [-0.39, 0.29) is 18.2 Å². The van der Waals surface area contributed by atoms with E-state index in [1.807, 2.05) is 6.92 Å². The topological polar surface area (TPSA) is 109 Å². The number of ether oxygens (including phenoxy) is 2. The molecular weight excluding hydrogens is 422 g/mol. The molecule has 0 bridgehead atoms. The van der Waals surface area contributed by atoms with Gasteiger partial charge in [0.25, 0.3) is 11.8 Å². The highest BCUT2D eigenvalue weighted by atomic mass is 16.7. The van der Waals surface area contributed by atoms with Gasteiger partial charge in [-0.3, -0.25) is 9.59 Å². The Morgan fingerprint density at radius 2 is 1.79 bits per heavy atom. The van der Waals surface area contributed by atoms with Gasteiger partial charge >= 0.3 is 0 Å². The van der Waals surface area contributed by atoms with Crippen molar-refractivity contribution < 1.29 is 24.2 Å². The lowest BCUT2D eigenvalue weighted by molar-refractivity contribution is -0.117. The Bertz CT molecular complexity index is 1250. The van der Waals surface area contributed by atoms with E-state index >= 15 is 0 Å². The second-order valence-corrected chi connectivity index (χ2v) is 7.25. The first-order valence-corrected chi connectivity index (χ1v) is 10.1. The number of aromatic hydroxyl groups is 1. The smallest absolute Gasteiger partial charge is 0.287 e. The Morgan fingerprint density at radius 1 is 1.00 bits per heavy atom. The van der Waals surface area contributed by atoms with E-state index in [0.29, 0.717) is 28.2 Å². The van der Waals surface area contributed by atoms with Gasteiger partial charge in [-0.15, -0.1) is 0 Å². The summed E-state index contributed by atoms with van der Waals surface area (Å²) in [5.41, 5.74) is 4.77. The first-order chi connectivity index (χ1) is 16.0. The average molecular weight is 443 g/mol. The third-order valence-corrected chi connectivity index (χ3v) is 4.79. The monoisotopic (exact) mass is 443 g/mol. The maximum atomic E-state index is 12.9. The molecule has 33 heavy (non-hydrogen) atoms. The van der Waals surface area contributed by atoms with Crippen LogP contribution in [0.5, 0.6) is 17.2 Å². The van der Waals surface area contributed by atoms with Crippen molar-refractivity contribution in [2.24, 2.45) is 5.10 Å². The number of hydrogen-bond donors (Lipinski definition) is 3. The van der Waals surface area contributed by atoms with Crippen molar-refractivity contribution in [2.45, 2.75) is 6.92 Å². The van der Waals surface area contributed by atoms with E-state index in [1.54, 1.807) is 66.7 Å². The van der Waals surface area contributed by atoms with Crippen LogP contribution in [0.15, 0.2) is 77.5 Å². The van der Waals surface area contributed by atoms with Crippen LogP contribution in [-0.2, 0) is 4.79 Å². The minimum absolute atomic E-state index is 0.0201. The van der Waals surface area contributed by atoms with Crippen molar-refractivity contribution in [3.8, 4) is 17.2 Å². The molecule has 1 heterocycles. The van der Waals surface area contributed by atoms with Gasteiger partial charge in [-0.1, -0.05) is 35.9 Å². The van der Waals surface area contributed by atoms with Gasteiger partial charge in [-0.2, -0.15) is 5.10 Å². The van der Waals surface area contributed by atoms with Gasteiger partial charge < -0.3 is 19.9 Å². The molecule has 0 saturated carbocycles. The molecule has 2 amide bonds. The van der Waals surface area contributed by atoms with Gasteiger partial charge in [0, 0.05) is 11.1 Å². The normalized spacial score (nSPS) is 12.6. The number of hydrazone groups is 1. The molecule has 8 nitrogen and oxygen atoms in total. The van der Waals surface area contributed by atoms with E-state index in [4.69, 9.17) is 9.47 Å². The van der Waals surface area contributed by atoms with Crippen molar-refractivity contribution in [1.82, 2.24) is 10.7 Å². The predicted octanol–water partition coefficient (Wildman–Crippen LogP) is 3.35. The summed E-state index contributed by atoms with van der Waals surface area (Å²) in [6.45, 7) is 2.00. The molecule has 1 aliphatic rings. The van der Waals surface area contributed by atoms with Gasteiger partial charge in [0.2, 0.25) is 6.79 Å². The summed E-state index contributed by atoms with van der Waals surface area (Å²) < 4.78 is 10.7. The maximum Gasteiger partial charge on any atom is 0.287 e. The molecule has 3 N–H and O–H groups in total. The van der Waals surface area contributed by atoms with Crippen LogP contribution in [-0.4, -0.2) is 29.9 Å². The number of nitrogens with zero attached hydrogens (tertiary/aromatic N) is 1. The molecule has 1 aliphatic heterocycles. The van der Waals surface area contributed by atoms with E-state index in [0.717, 1.165) is 5.56 Å². The lowest BCUT2D eigenvalue weighted by Crippen LogP contribution is -2.32. The quantitative estimate of drug-likeness (QED) is 0.308. The number of nitrogens with one attached hydrogen (secondary N) is 2. The zero-order valence-electron chi connectivity index (χ0n) is 17.7. The van der Waals surface area contributed by atoms with Crippen LogP contribution >= 0.6 is 0 Å². The molecule has 4 rings (SSSR count). The third kappa shape index (κ3) is 5.37. The average Bonchev–Trinajstić information content (AvgIpc) is 3.29. The molecule has 0 aromatic heterocycles. The number of fused-ring (bicyclic) bond motifs is 1. The molecule has 0 radical (unpaired) electrons. The van der Waals surface area contributed by atoms with Gasteiger partial charge in [0.1, 0.15) is 11.4 Å². The Kier molecular flexibility index (Phi) is 6.36. The SMILES string of the molecule is Cc1ccc(O)c(/C=N\NC(=O)/C(=C\c2ccc3c(c2)OCO3)NC(=O)c2ccccc2)c1. The largest absolute Gasteiger partial charge is 0.507 e. The summed E-state index contributed by atoms with van der Waals surface area (Å²) in [4.78, 5) is 25.5. The maximum absolute atomic E-state index is 12.9. The molecule has 0 spiro atoms. The highest BCUT2D eigenvalue weighted by Gasteiger charge is 2.17. The first kappa shape index (κ1) is 21.6. The van der Waals surface area contributed by atoms with Gasteiger partial charge in [-0.25, -0.2) is 5.43 Å². The van der Waals surface area contributed by atoms with Crippen LogP contribution in [0.25, 0.3) is 6.08 Å². The fourth-order valence-corrected chi connectivity index (χ4v) is 3.11. The molecule has 8 heteroatoms. The van der Waals surface area contributed by atoms with E-state index in [2.05, 4.69) is 15.8 Å². The number of rotatable bonds is 6. The number of aryl methyl sites for hydroxylation is 1. The van der Waals surface area contributed by atoms with E-state index in [9.17, 15) is 14.7 Å². The van der Waals surface area contributed by atoms with Crippen molar-refractivity contribution >= 4 is 24.1 Å². The summed E-state index contributed by atoms with van der Waals surface area (Å²) in [5.74, 6) is 0.102. The number of amides is 2. The lowest BCUT2D eigenvalue weighted by Gasteiger charge is -2.09.